The molecule has 1 aromatic carbocycles. The molecule has 0 heterocycles. The molecule has 1 heteroatoms. The minimum atomic E-state index is 0.0890. The summed E-state index contributed by atoms with van der Waals surface area (Å²) >= 11 is 0. The van der Waals surface area contributed by atoms with Crippen molar-refractivity contribution in [3.8, 4) is 0 Å². The zero-order valence-corrected chi connectivity index (χ0v) is 8.93. The van der Waals surface area contributed by atoms with Crippen molar-refractivity contribution in [3.05, 3.63) is 66.3 Å². The smallest absolute Gasteiger partial charge is 0.0615 e. The normalized spacial score (nSPS) is 12.8. The van der Waals surface area contributed by atoms with E-state index >= 15 is 0 Å². The minimum absolute atomic E-state index is 0.0890. The average molecular weight is 200 g/mol. The highest BCUT2D eigenvalue weighted by molar-refractivity contribution is 5.64. The Morgan fingerprint density at radius 1 is 1.13 bits per heavy atom. The first-order valence-corrected chi connectivity index (χ1v) is 5.01. The van der Waals surface area contributed by atoms with Gasteiger partial charge in [0.05, 0.1) is 6.61 Å². The van der Waals surface area contributed by atoms with Gasteiger partial charge in [0.1, 0.15) is 0 Å². The van der Waals surface area contributed by atoms with Gasteiger partial charge < -0.3 is 5.11 Å². The predicted molar refractivity (Wildman–Crippen MR) is 65.5 cm³/mol. The molecule has 0 atom stereocenters. The number of benzene rings is 1. The van der Waals surface area contributed by atoms with Gasteiger partial charge in [-0.25, -0.2) is 0 Å². The Hall–Kier alpha value is -1.60. The molecule has 0 spiro atoms. The SMILES string of the molecule is CC(=C/C=C/C=C/CO)c1ccccc1. The summed E-state index contributed by atoms with van der Waals surface area (Å²) in [6.45, 7) is 2.17. The second kappa shape index (κ2) is 6.80. The Bertz CT molecular complexity index is 358. The number of aliphatic hydroxyl groups excluding tert-OH is 1. The first-order chi connectivity index (χ1) is 7.34. The van der Waals surface area contributed by atoms with E-state index in [1.165, 1.54) is 11.1 Å². The van der Waals surface area contributed by atoms with Crippen molar-refractivity contribution in [1.29, 1.82) is 0 Å². The van der Waals surface area contributed by atoms with E-state index in [0.717, 1.165) is 0 Å². The van der Waals surface area contributed by atoms with Gasteiger partial charge in [-0.2, -0.15) is 0 Å². The van der Waals surface area contributed by atoms with Crippen LogP contribution in [0, 0.1) is 0 Å². The summed E-state index contributed by atoms with van der Waals surface area (Å²) in [5.74, 6) is 0. The molecule has 78 valence electrons. The first kappa shape index (κ1) is 11.5. The van der Waals surface area contributed by atoms with E-state index in [0.29, 0.717) is 0 Å². The van der Waals surface area contributed by atoms with Crippen molar-refractivity contribution in [2.45, 2.75) is 6.92 Å². The molecule has 1 N–H and O–H groups in total. The lowest BCUT2D eigenvalue weighted by Crippen LogP contribution is -1.76. The number of aliphatic hydroxyl groups is 1. The molecule has 0 saturated carbocycles. The van der Waals surface area contributed by atoms with Gasteiger partial charge in [-0.1, -0.05) is 60.7 Å². The number of hydrogen-bond acceptors (Lipinski definition) is 1. The van der Waals surface area contributed by atoms with Crippen LogP contribution in [0.4, 0.5) is 0 Å². The van der Waals surface area contributed by atoms with Crippen LogP contribution < -0.4 is 0 Å². The largest absolute Gasteiger partial charge is 0.392 e. The van der Waals surface area contributed by atoms with Crippen LogP contribution in [-0.4, -0.2) is 11.7 Å². The van der Waals surface area contributed by atoms with Gasteiger partial charge in [-0.15, -0.1) is 0 Å². The highest BCUT2D eigenvalue weighted by atomic mass is 16.2. The van der Waals surface area contributed by atoms with Gasteiger partial charge in [-0.3, -0.25) is 0 Å². The van der Waals surface area contributed by atoms with Crippen LogP contribution in [0.25, 0.3) is 5.57 Å². The fourth-order valence-electron chi connectivity index (χ4n) is 1.20. The second-order valence-corrected chi connectivity index (χ2v) is 3.21. The van der Waals surface area contributed by atoms with E-state index in [1.54, 1.807) is 6.08 Å². The standard InChI is InChI=1S/C14H16O/c1-13(9-5-2-3-8-12-15)14-10-6-4-7-11-14/h2-11,15H,12H2,1H3/b5-2+,8-3+,13-9?. The van der Waals surface area contributed by atoms with Crippen molar-refractivity contribution < 1.29 is 5.11 Å². The third kappa shape index (κ3) is 4.43. The molecular weight excluding hydrogens is 184 g/mol. The maximum Gasteiger partial charge on any atom is 0.0615 e. The lowest BCUT2D eigenvalue weighted by atomic mass is 10.1. The van der Waals surface area contributed by atoms with Crippen molar-refractivity contribution in [1.82, 2.24) is 0 Å². The van der Waals surface area contributed by atoms with Crippen molar-refractivity contribution in [3.63, 3.8) is 0 Å². The number of allylic oxidation sites excluding steroid dienone is 5. The van der Waals surface area contributed by atoms with Crippen LogP contribution in [0.5, 0.6) is 0 Å². The van der Waals surface area contributed by atoms with E-state index in [-0.39, 0.29) is 6.61 Å². The molecule has 0 aromatic heterocycles. The molecule has 0 aliphatic carbocycles. The third-order valence-corrected chi connectivity index (χ3v) is 2.04. The van der Waals surface area contributed by atoms with Gasteiger partial charge in [0.2, 0.25) is 0 Å². The maximum absolute atomic E-state index is 8.52. The van der Waals surface area contributed by atoms with Crippen molar-refractivity contribution in [2.24, 2.45) is 0 Å². The van der Waals surface area contributed by atoms with Crippen LogP contribution in [0.15, 0.2) is 60.7 Å². The topological polar surface area (TPSA) is 20.2 Å². The molecule has 0 aliphatic heterocycles. The molecule has 0 unspecified atom stereocenters. The van der Waals surface area contributed by atoms with Crippen molar-refractivity contribution >= 4 is 5.57 Å². The fourth-order valence-corrected chi connectivity index (χ4v) is 1.20. The quantitative estimate of drug-likeness (QED) is 0.740. The number of rotatable bonds is 4. The van der Waals surface area contributed by atoms with Gasteiger partial charge in [0.15, 0.2) is 0 Å². The summed E-state index contributed by atoms with van der Waals surface area (Å²) < 4.78 is 0. The molecule has 0 saturated heterocycles. The van der Waals surface area contributed by atoms with Gasteiger partial charge >= 0.3 is 0 Å². The minimum Gasteiger partial charge on any atom is -0.392 e. The third-order valence-electron chi connectivity index (χ3n) is 2.04. The molecule has 0 fully saturated rings. The summed E-state index contributed by atoms with van der Waals surface area (Å²) in [6.07, 6.45) is 9.45. The summed E-state index contributed by atoms with van der Waals surface area (Å²) in [7, 11) is 0. The van der Waals surface area contributed by atoms with Crippen LogP contribution in [-0.2, 0) is 0 Å². The van der Waals surface area contributed by atoms with Crippen LogP contribution in [0.1, 0.15) is 12.5 Å². The molecule has 0 bridgehead atoms. The molecule has 1 aromatic rings. The van der Waals surface area contributed by atoms with Gasteiger partial charge in [-0.05, 0) is 18.1 Å². The van der Waals surface area contributed by atoms with Crippen LogP contribution >= 0.6 is 0 Å². The lowest BCUT2D eigenvalue weighted by Gasteiger charge is -1.97. The predicted octanol–water partition coefficient (Wildman–Crippen LogP) is 3.19. The highest BCUT2D eigenvalue weighted by Crippen LogP contribution is 2.12. The molecule has 0 aliphatic rings. The second-order valence-electron chi connectivity index (χ2n) is 3.21. The molecular formula is C14H16O. The Morgan fingerprint density at radius 2 is 1.87 bits per heavy atom. The summed E-state index contributed by atoms with van der Waals surface area (Å²) in [6, 6.07) is 10.2. The molecule has 1 nitrogen and oxygen atoms in total. The van der Waals surface area contributed by atoms with Gasteiger partial charge in [0.25, 0.3) is 0 Å². The van der Waals surface area contributed by atoms with E-state index in [9.17, 15) is 0 Å². The lowest BCUT2D eigenvalue weighted by molar-refractivity contribution is 0.343. The molecule has 0 radical (unpaired) electrons. The van der Waals surface area contributed by atoms with E-state index in [2.05, 4.69) is 25.1 Å². The highest BCUT2D eigenvalue weighted by Gasteiger charge is 1.89. The number of hydrogen-bond donors (Lipinski definition) is 1. The molecule has 1 rings (SSSR count). The Kier molecular flexibility index (Phi) is 5.20. The Morgan fingerprint density at radius 3 is 2.53 bits per heavy atom. The van der Waals surface area contributed by atoms with E-state index in [4.69, 9.17) is 5.11 Å². The van der Waals surface area contributed by atoms with Crippen molar-refractivity contribution in [2.75, 3.05) is 6.61 Å². The molecule has 0 amide bonds. The van der Waals surface area contributed by atoms with Crippen LogP contribution in [0.2, 0.25) is 0 Å². The monoisotopic (exact) mass is 200 g/mol. The van der Waals surface area contributed by atoms with Gasteiger partial charge in [0, 0.05) is 0 Å². The zero-order chi connectivity index (χ0) is 10.9. The molecule has 15 heavy (non-hydrogen) atoms. The average Bonchev–Trinajstić information content (AvgIpc) is 2.30. The Balaban J connectivity index is 2.61. The summed E-state index contributed by atoms with van der Waals surface area (Å²) in [4.78, 5) is 0. The fraction of sp³-hybridized carbons (Fsp3) is 0.143. The Labute approximate surface area is 91.1 Å². The van der Waals surface area contributed by atoms with Crippen LogP contribution in [0.3, 0.4) is 0 Å². The van der Waals surface area contributed by atoms with E-state index in [1.807, 2.05) is 36.4 Å². The zero-order valence-electron chi connectivity index (χ0n) is 8.93. The first-order valence-electron chi connectivity index (χ1n) is 5.01. The van der Waals surface area contributed by atoms with E-state index < -0.39 is 0 Å². The maximum atomic E-state index is 8.52. The summed E-state index contributed by atoms with van der Waals surface area (Å²) in [5.41, 5.74) is 2.46. The summed E-state index contributed by atoms with van der Waals surface area (Å²) in [5, 5.41) is 8.52.